The molecule has 5 heteroatoms. The number of aliphatic hydroxyl groups excluding tert-OH is 1. The molecule has 1 amide bonds. The molecule has 1 rings (SSSR count). The third kappa shape index (κ3) is 5.33. The maximum Gasteiger partial charge on any atom is 0.244 e. The van der Waals surface area contributed by atoms with Crippen molar-refractivity contribution in [1.29, 1.82) is 0 Å². The van der Waals surface area contributed by atoms with Crippen molar-refractivity contribution >= 4 is 12.0 Å². The highest BCUT2D eigenvalue weighted by Crippen LogP contribution is 2.01. The molecule has 0 bridgehead atoms. The largest absolute Gasteiger partial charge is 0.465 e. The van der Waals surface area contributed by atoms with Crippen molar-refractivity contribution in [3.8, 4) is 0 Å². The van der Waals surface area contributed by atoms with E-state index in [1.54, 1.807) is 24.5 Å². The number of ether oxygens (including phenoxy) is 1. The van der Waals surface area contributed by atoms with Gasteiger partial charge in [0.15, 0.2) is 0 Å². The van der Waals surface area contributed by atoms with Crippen molar-refractivity contribution in [3.05, 3.63) is 30.2 Å². The van der Waals surface area contributed by atoms with Crippen LogP contribution < -0.4 is 5.32 Å². The van der Waals surface area contributed by atoms with E-state index in [1.165, 1.54) is 6.08 Å². The lowest BCUT2D eigenvalue weighted by molar-refractivity contribution is -0.116. The molecule has 0 aliphatic heterocycles. The van der Waals surface area contributed by atoms with Crippen LogP contribution in [0.4, 0.5) is 0 Å². The first-order chi connectivity index (χ1) is 7.83. The predicted molar refractivity (Wildman–Crippen MR) is 58.7 cm³/mol. The molecule has 88 valence electrons. The average molecular weight is 225 g/mol. The third-order valence-electron chi connectivity index (χ3n) is 1.72. The molecule has 16 heavy (non-hydrogen) atoms. The zero-order valence-corrected chi connectivity index (χ0v) is 8.89. The SMILES string of the molecule is O=C(/C=C/c1ccco1)NCCOCCO. The fourth-order valence-corrected chi connectivity index (χ4v) is 1.02. The lowest BCUT2D eigenvalue weighted by atomic mass is 10.4. The van der Waals surface area contributed by atoms with Crippen LogP contribution in [0.25, 0.3) is 6.08 Å². The van der Waals surface area contributed by atoms with E-state index in [1.807, 2.05) is 0 Å². The smallest absolute Gasteiger partial charge is 0.244 e. The van der Waals surface area contributed by atoms with Crippen LogP contribution in [0.1, 0.15) is 5.76 Å². The Morgan fingerprint density at radius 1 is 1.56 bits per heavy atom. The lowest BCUT2D eigenvalue weighted by Crippen LogP contribution is -2.25. The minimum atomic E-state index is -0.205. The van der Waals surface area contributed by atoms with Crippen molar-refractivity contribution in [3.63, 3.8) is 0 Å². The summed E-state index contributed by atoms with van der Waals surface area (Å²) >= 11 is 0. The molecule has 1 aromatic heterocycles. The lowest BCUT2D eigenvalue weighted by Gasteiger charge is -2.02. The Morgan fingerprint density at radius 3 is 3.12 bits per heavy atom. The molecule has 1 aromatic rings. The van der Waals surface area contributed by atoms with Crippen LogP contribution in [-0.2, 0) is 9.53 Å². The van der Waals surface area contributed by atoms with Gasteiger partial charge in [0.05, 0.1) is 26.1 Å². The second-order valence-electron chi connectivity index (χ2n) is 2.98. The normalized spacial score (nSPS) is 10.8. The van der Waals surface area contributed by atoms with Gasteiger partial charge in [0.1, 0.15) is 5.76 Å². The molecular weight excluding hydrogens is 210 g/mol. The number of carbonyl (C=O) groups is 1. The van der Waals surface area contributed by atoms with Gasteiger partial charge in [-0.1, -0.05) is 0 Å². The van der Waals surface area contributed by atoms with Gasteiger partial charge in [-0.05, 0) is 18.2 Å². The highest BCUT2D eigenvalue weighted by molar-refractivity contribution is 5.91. The zero-order valence-electron chi connectivity index (χ0n) is 8.89. The number of aliphatic hydroxyl groups is 1. The summed E-state index contributed by atoms with van der Waals surface area (Å²) in [5.74, 6) is 0.427. The monoisotopic (exact) mass is 225 g/mol. The van der Waals surface area contributed by atoms with Crippen LogP contribution in [0.15, 0.2) is 28.9 Å². The number of carbonyl (C=O) groups excluding carboxylic acids is 1. The summed E-state index contributed by atoms with van der Waals surface area (Å²) in [5, 5.41) is 11.1. The molecule has 0 radical (unpaired) electrons. The highest BCUT2D eigenvalue weighted by Gasteiger charge is 1.95. The number of furan rings is 1. The summed E-state index contributed by atoms with van der Waals surface area (Å²) in [4.78, 5) is 11.2. The predicted octanol–water partition coefficient (Wildman–Crippen LogP) is 0.418. The minimum Gasteiger partial charge on any atom is -0.465 e. The van der Waals surface area contributed by atoms with Crippen LogP contribution in [0.5, 0.6) is 0 Å². The molecule has 0 spiro atoms. The summed E-state index contributed by atoms with van der Waals surface area (Å²) in [5.41, 5.74) is 0. The number of hydrogen-bond donors (Lipinski definition) is 2. The van der Waals surface area contributed by atoms with Crippen LogP contribution in [0.2, 0.25) is 0 Å². The molecule has 0 atom stereocenters. The van der Waals surface area contributed by atoms with E-state index in [2.05, 4.69) is 5.32 Å². The van der Waals surface area contributed by atoms with Crippen molar-refractivity contribution < 1.29 is 19.1 Å². The fourth-order valence-electron chi connectivity index (χ4n) is 1.02. The summed E-state index contributed by atoms with van der Waals surface area (Å²) in [6.45, 7) is 1.09. The van der Waals surface area contributed by atoms with Crippen LogP contribution >= 0.6 is 0 Å². The summed E-state index contributed by atoms with van der Waals surface area (Å²) in [6, 6.07) is 3.51. The van der Waals surface area contributed by atoms with Crippen LogP contribution in [0, 0.1) is 0 Å². The van der Waals surface area contributed by atoms with Gasteiger partial charge in [-0.2, -0.15) is 0 Å². The highest BCUT2D eigenvalue weighted by atomic mass is 16.5. The quantitative estimate of drug-likeness (QED) is 0.521. The summed E-state index contributed by atoms with van der Waals surface area (Å²) in [6.07, 6.45) is 4.52. The first-order valence-corrected chi connectivity index (χ1v) is 5.01. The van der Waals surface area contributed by atoms with Crippen molar-refractivity contribution in [2.24, 2.45) is 0 Å². The van der Waals surface area contributed by atoms with Gasteiger partial charge in [-0.25, -0.2) is 0 Å². The van der Waals surface area contributed by atoms with Crippen LogP contribution in [0.3, 0.4) is 0 Å². The van der Waals surface area contributed by atoms with Gasteiger partial charge in [0.2, 0.25) is 5.91 Å². The molecule has 0 unspecified atom stereocenters. The first-order valence-electron chi connectivity index (χ1n) is 5.01. The Morgan fingerprint density at radius 2 is 2.44 bits per heavy atom. The van der Waals surface area contributed by atoms with E-state index in [9.17, 15) is 4.79 Å². The molecule has 2 N–H and O–H groups in total. The summed E-state index contributed by atoms with van der Waals surface area (Å²) < 4.78 is 10.00. The Hall–Kier alpha value is -1.59. The Kier molecular flexibility index (Phi) is 5.98. The number of nitrogens with one attached hydrogen (secondary N) is 1. The van der Waals surface area contributed by atoms with E-state index in [-0.39, 0.29) is 19.1 Å². The first kappa shape index (κ1) is 12.5. The van der Waals surface area contributed by atoms with Gasteiger partial charge >= 0.3 is 0 Å². The number of rotatable bonds is 7. The molecule has 0 aliphatic rings. The molecule has 0 saturated heterocycles. The molecule has 0 aromatic carbocycles. The van der Waals surface area contributed by atoms with Gasteiger partial charge in [-0.15, -0.1) is 0 Å². The van der Waals surface area contributed by atoms with Gasteiger partial charge < -0.3 is 19.6 Å². The zero-order chi connectivity index (χ0) is 11.6. The standard InChI is InChI=1S/C11H15NO4/c13-6-9-15-8-5-12-11(14)4-3-10-2-1-7-16-10/h1-4,7,13H,5-6,8-9H2,(H,12,14)/b4-3+. The average Bonchev–Trinajstić information content (AvgIpc) is 2.79. The van der Waals surface area contributed by atoms with Crippen molar-refractivity contribution in [1.82, 2.24) is 5.32 Å². The van der Waals surface area contributed by atoms with E-state index in [0.29, 0.717) is 18.9 Å². The molecule has 5 nitrogen and oxygen atoms in total. The minimum absolute atomic E-state index is 0.00760. The van der Waals surface area contributed by atoms with Crippen molar-refractivity contribution in [2.75, 3.05) is 26.4 Å². The van der Waals surface area contributed by atoms with Crippen molar-refractivity contribution in [2.45, 2.75) is 0 Å². The Balaban J connectivity index is 2.11. The third-order valence-corrected chi connectivity index (χ3v) is 1.72. The second-order valence-corrected chi connectivity index (χ2v) is 2.98. The molecule has 1 heterocycles. The van der Waals surface area contributed by atoms with Gasteiger partial charge in [0, 0.05) is 12.6 Å². The Labute approximate surface area is 93.7 Å². The Bertz CT molecular complexity index is 319. The maximum atomic E-state index is 11.2. The van der Waals surface area contributed by atoms with E-state index in [0.717, 1.165) is 0 Å². The number of hydrogen-bond acceptors (Lipinski definition) is 4. The van der Waals surface area contributed by atoms with Gasteiger partial charge in [-0.3, -0.25) is 4.79 Å². The molecule has 0 aliphatic carbocycles. The van der Waals surface area contributed by atoms with Crippen LogP contribution in [-0.4, -0.2) is 37.4 Å². The fraction of sp³-hybridized carbons (Fsp3) is 0.364. The van der Waals surface area contributed by atoms with Gasteiger partial charge in [0.25, 0.3) is 0 Å². The topological polar surface area (TPSA) is 71.7 Å². The number of amides is 1. The van der Waals surface area contributed by atoms with E-state index < -0.39 is 0 Å². The van der Waals surface area contributed by atoms with E-state index >= 15 is 0 Å². The van der Waals surface area contributed by atoms with E-state index in [4.69, 9.17) is 14.3 Å². The molecular formula is C11H15NO4. The maximum absolute atomic E-state index is 11.2. The molecule has 0 fully saturated rings. The summed E-state index contributed by atoms with van der Waals surface area (Å²) in [7, 11) is 0. The second kappa shape index (κ2) is 7.67. The molecule has 0 saturated carbocycles.